The van der Waals surface area contributed by atoms with Crippen molar-refractivity contribution in [2.24, 2.45) is 34.5 Å². The molecule has 7 rings (SSSR count). The van der Waals surface area contributed by atoms with Crippen LogP contribution in [0.15, 0.2) is 30.3 Å². The van der Waals surface area contributed by atoms with Crippen molar-refractivity contribution in [2.75, 3.05) is 48.1 Å². The average Bonchev–Trinajstić information content (AvgIpc) is 3.41. The van der Waals surface area contributed by atoms with E-state index in [1.54, 1.807) is 51.7 Å². The molecular formula is C34H47NO11. The van der Waals surface area contributed by atoms with Gasteiger partial charge in [0.25, 0.3) is 0 Å². The van der Waals surface area contributed by atoms with E-state index in [1.165, 1.54) is 14.0 Å². The number of ether oxygens (including phenoxy) is 6. The lowest BCUT2D eigenvalue weighted by Gasteiger charge is -2.70. The first-order valence-corrected chi connectivity index (χ1v) is 16.3. The number of aliphatic hydroxyl groups is 3. The number of piperidine rings is 1. The van der Waals surface area contributed by atoms with Gasteiger partial charge in [0.1, 0.15) is 23.9 Å². The minimum absolute atomic E-state index is 0.0791. The zero-order chi connectivity index (χ0) is 33.0. The van der Waals surface area contributed by atoms with Gasteiger partial charge in [-0.1, -0.05) is 25.1 Å². The average molecular weight is 646 g/mol. The van der Waals surface area contributed by atoms with Crippen LogP contribution in [0.3, 0.4) is 0 Å². The fraction of sp³-hybridized carbons (Fsp3) is 0.765. The summed E-state index contributed by atoms with van der Waals surface area (Å²) in [6.45, 7) is 4.68. The lowest BCUT2D eigenvalue weighted by molar-refractivity contribution is -0.322. The van der Waals surface area contributed by atoms with Gasteiger partial charge in [-0.3, -0.25) is 9.69 Å². The van der Waals surface area contributed by atoms with Gasteiger partial charge < -0.3 is 43.7 Å². The first-order valence-electron chi connectivity index (χ1n) is 16.3. The number of carbonyl (C=O) groups is 2. The van der Waals surface area contributed by atoms with Crippen LogP contribution < -0.4 is 0 Å². The molecule has 254 valence electrons. The second-order valence-corrected chi connectivity index (χ2v) is 14.4. The highest BCUT2D eigenvalue weighted by atomic mass is 16.6. The molecule has 0 amide bonds. The molecule has 1 aromatic rings. The number of methoxy groups -OCH3 is 4. The molecule has 0 radical (unpaired) electrons. The van der Waals surface area contributed by atoms with Crippen LogP contribution in [0.25, 0.3) is 0 Å². The van der Waals surface area contributed by atoms with Gasteiger partial charge >= 0.3 is 11.9 Å². The quantitative estimate of drug-likeness (QED) is 0.323. The van der Waals surface area contributed by atoms with E-state index in [4.69, 9.17) is 28.4 Å². The van der Waals surface area contributed by atoms with Crippen LogP contribution in [0, 0.1) is 34.5 Å². The predicted molar refractivity (Wildman–Crippen MR) is 160 cm³/mol. The third-order valence-electron chi connectivity index (χ3n) is 13.2. The number of fused-ring (bicyclic) bond motifs is 2. The van der Waals surface area contributed by atoms with Crippen LogP contribution in [0.1, 0.15) is 37.0 Å². The van der Waals surface area contributed by atoms with E-state index in [-0.39, 0.29) is 25.0 Å². The first-order chi connectivity index (χ1) is 22.0. The van der Waals surface area contributed by atoms with Crippen LogP contribution in [0.2, 0.25) is 0 Å². The van der Waals surface area contributed by atoms with Crippen LogP contribution >= 0.6 is 0 Å². The molecule has 0 aromatic heterocycles. The maximum absolute atomic E-state index is 13.8. The highest BCUT2D eigenvalue weighted by molar-refractivity contribution is 5.89. The molecule has 12 heteroatoms. The Balaban J connectivity index is 1.53. The van der Waals surface area contributed by atoms with Gasteiger partial charge in [-0.15, -0.1) is 0 Å². The SMILES string of the molecule is CCN1C[C@@]2(COC)[C@H](O)C[C@H](OC)[C@]34[C@@H]1[C@H]([C@@H](OC)[C@H]23)[C@]1(OC(C)=O)[C@H]2[C@@H](OC(=O)c3ccccc3)[C@](O)(C[C@@H]24)[C@H](OC)[C@@H]1O. The molecule has 12 nitrogen and oxygen atoms in total. The number of likely N-dealkylation sites (tertiary alicyclic amines) is 1. The molecule has 6 aliphatic rings. The normalized spacial score (nSPS) is 49.9. The topological polar surface area (TPSA) is 153 Å². The van der Waals surface area contributed by atoms with Crippen molar-refractivity contribution in [1.82, 2.24) is 4.90 Å². The number of rotatable bonds is 9. The summed E-state index contributed by atoms with van der Waals surface area (Å²) in [7, 11) is 6.27. The molecule has 46 heavy (non-hydrogen) atoms. The summed E-state index contributed by atoms with van der Waals surface area (Å²) in [6.07, 6.45) is -5.49. The van der Waals surface area contributed by atoms with Crippen molar-refractivity contribution in [2.45, 2.75) is 80.6 Å². The van der Waals surface area contributed by atoms with E-state index in [9.17, 15) is 24.9 Å². The Hall–Kier alpha value is -2.16. The molecule has 5 aliphatic carbocycles. The first kappa shape index (κ1) is 32.4. The van der Waals surface area contributed by atoms with Crippen LogP contribution in [0.5, 0.6) is 0 Å². The Kier molecular flexibility index (Phi) is 7.69. The fourth-order valence-corrected chi connectivity index (χ4v) is 12.3. The van der Waals surface area contributed by atoms with Gasteiger partial charge in [-0.05, 0) is 31.0 Å². The third kappa shape index (κ3) is 3.62. The molecule has 1 saturated heterocycles. The summed E-state index contributed by atoms with van der Waals surface area (Å²) in [4.78, 5) is 29.3. The molecule has 1 spiro atoms. The number of hydrogen-bond acceptors (Lipinski definition) is 12. The summed E-state index contributed by atoms with van der Waals surface area (Å²) in [5.74, 6) is -3.65. The van der Waals surface area contributed by atoms with E-state index < -0.39 is 88.3 Å². The van der Waals surface area contributed by atoms with Crippen molar-refractivity contribution in [3.63, 3.8) is 0 Å². The van der Waals surface area contributed by atoms with E-state index in [0.29, 0.717) is 25.1 Å². The van der Waals surface area contributed by atoms with E-state index >= 15 is 0 Å². The number of hydrogen-bond donors (Lipinski definition) is 3. The van der Waals surface area contributed by atoms with E-state index in [2.05, 4.69) is 4.90 Å². The summed E-state index contributed by atoms with van der Waals surface area (Å²) >= 11 is 0. The number of aliphatic hydroxyl groups excluding tert-OH is 2. The smallest absolute Gasteiger partial charge is 0.338 e. The molecule has 3 N–H and O–H groups in total. The molecule has 15 atom stereocenters. The second kappa shape index (κ2) is 10.9. The maximum atomic E-state index is 13.8. The largest absolute Gasteiger partial charge is 0.455 e. The van der Waals surface area contributed by atoms with Crippen LogP contribution in [-0.2, 0) is 33.2 Å². The lowest BCUT2D eigenvalue weighted by Crippen LogP contribution is -2.81. The Morgan fingerprint density at radius 1 is 1.00 bits per heavy atom. The second-order valence-electron chi connectivity index (χ2n) is 14.4. The highest BCUT2D eigenvalue weighted by Gasteiger charge is 2.92. The minimum atomic E-state index is -1.83. The van der Waals surface area contributed by atoms with Gasteiger partial charge in [0.2, 0.25) is 0 Å². The van der Waals surface area contributed by atoms with Gasteiger partial charge in [0, 0.05) is 83.0 Å². The monoisotopic (exact) mass is 645 g/mol. The Bertz CT molecular complexity index is 1360. The van der Waals surface area contributed by atoms with Crippen molar-refractivity contribution >= 4 is 11.9 Å². The molecule has 5 saturated carbocycles. The minimum Gasteiger partial charge on any atom is -0.455 e. The maximum Gasteiger partial charge on any atom is 0.338 e. The summed E-state index contributed by atoms with van der Waals surface area (Å²) in [5.41, 5.74) is -4.79. The van der Waals surface area contributed by atoms with Crippen LogP contribution in [-0.4, -0.2) is 134 Å². The van der Waals surface area contributed by atoms with Crippen LogP contribution in [0.4, 0.5) is 0 Å². The van der Waals surface area contributed by atoms with E-state index in [1.807, 2.05) is 6.92 Å². The summed E-state index contributed by atoms with van der Waals surface area (Å²) in [6, 6.07) is 8.18. The van der Waals surface area contributed by atoms with E-state index in [0.717, 1.165) is 0 Å². The number of carbonyl (C=O) groups excluding carboxylic acids is 2. The Morgan fingerprint density at radius 3 is 2.30 bits per heavy atom. The third-order valence-corrected chi connectivity index (χ3v) is 13.2. The molecule has 6 fully saturated rings. The van der Waals surface area contributed by atoms with Gasteiger partial charge in [-0.25, -0.2) is 4.79 Å². The fourth-order valence-electron chi connectivity index (χ4n) is 12.3. The molecular weight excluding hydrogens is 598 g/mol. The summed E-state index contributed by atoms with van der Waals surface area (Å²) in [5, 5.41) is 37.3. The molecule has 1 aromatic carbocycles. The molecule has 0 unspecified atom stereocenters. The van der Waals surface area contributed by atoms with Crippen molar-refractivity contribution in [1.29, 1.82) is 0 Å². The zero-order valence-electron chi connectivity index (χ0n) is 27.3. The Labute approximate surface area is 269 Å². The highest BCUT2D eigenvalue weighted by Crippen LogP contribution is 2.80. The Morgan fingerprint density at radius 2 is 1.72 bits per heavy atom. The van der Waals surface area contributed by atoms with Gasteiger partial charge in [-0.2, -0.15) is 0 Å². The predicted octanol–water partition coefficient (Wildman–Crippen LogP) is 0.648. The van der Waals surface area contributed by atoms with Gasteiger partial charge in [0.05, 0.1) is 30.5 Å². The van der Waals surface area contributed by atoms with Crippen molar-refractivity contribution < 1.29 is 53.3 Å². The van der Waals surface area contributed by atoms with Crippen molar-refractivity contribution in [3.05, 3.63) is 35.9 Å². The molecule has 7 bridgehead atoms. The summed E-state index contributed by atoms with van der Waals surface area (Å²) < 4.78 is 37.4. The number of nitrogens with zero attached hydrogens (tertiary/aromatic N) is 1. The number of benzene rings is 1. The molecule has 1 heterocycles. The van der Waals surface area contributed by atoms with Gasteiger partial charge in [0.15, 0.2) is 5.60 Å². The number of esters is 2. The lowest BCUT2D eigenvalue weighted by atomic mass is 9.42. The zero-order valence-corrected chi connectivity index (χ0v) is 27.3. The molecule has 1 aliphatic heterocycles. The van der Waals surface area contributed by atoms with Crippen molar-refractivity contribution in [3.8, 4) is 0 Å². The standard InChI is InChI=1S/C34H47NO11/c1-7-35-15-31(16-41-3)20(37)13-21(42-4)33-19-14-32(40)28(45-30(39)18-11-9-8-10-12-18)22(19)34(46-17(2)36,27(38)29(32)44-6)23(26(33)35)24(43-5)25(31)33/h8-12,19-29,37-38,40H,7,13-16H2,1-6H3/t19-,20+,21-,22+,23-,24+,25+,26-,27-,28+,29+,31+,32+,33-,34+/m0/s1.